The maximum absolute atomic E-state index is 12.4. The van der Waals surface area contributed by atoms with Gasteiger partial charge in [0, 0.05) is 42.3 Å². The Kier molecular flexibility index (Phi) is 5.60. The van der Waals surface area contributed by atoms with E-state index in [4.69, 9.17) is 4.74 Å². The second-order valence-corrected chi connectivity index (χ2v) is 12.0. The largest absolute Gasteiger partial charge is 0.450 e. The lowest BCUT2D eigenvalue weighted by molar-refractivity contribution is 0.0486. The van der Waals surface area contributed by atoms with Gasteiger partial charge in [-0.3, -0.25) is 4.31 Å². The molecule has 32 heavy (non-hydrogen) atoms. The van der Waals surface area contributed by atoms with Gasteiger partial charge in [0.05, 0.1) is 12.9 Å². The van der Waals surface area contributed by atoms with Crippen LogP contribution in [0.5, 0.6) is 0 Å². The highest BCUT2D eigenvalue weighted by Crippen LogP contribution is 2.47. The molecule has 3 atom stereocenters. The van der Waals surface area contributed by atoms with Crippen LogP contribution in [0.1, 0.15) is 51.0 Å². The molecule has 4 aliphatic rings. The third-order valence-electron chi connectivity index (χ3n) is 8.08. The number of pyridine rings is 1. The van der Waals surface area contributed by atoms with E-state index in [1.165, 1.54) is 10.6 Å². The number of aromatic nitrogens is 1. The van der Waals surface area contributed by atoms with Gasteiger partial charge in [0.15, 0.2) is 0 Å². The molecule has 0 aliphatic carbocycles. The van der Waals surface area contributed by atoms with Crippen LogP contribution in [0.2, 0.25) is 0 Å². The summed E-state index contributed by atoms with van der Waals surface area (Å²) in [6.45, 7) is 5.81. The Balaban J connectivity index is 1.22. The molecule has 0 saturated carbocycles. The summed E-state index contributed by atoms with van der Waals surface area (Å²) in [6, 6.07) is 4.63. The van der Waals surface area contributed by atoms with Gasteiger partial charge in [-0.1, -0.05) is 6.07 Å². The number of anilines is 1. The van der Waals surface area contributed by atoms with E-state index in [9.17, 15) is 13.2 Å². The molecule has 1 unspecified atom stereocenters. The molecule has 5 rings (SSSR count). The predicted octanol–water partition coefficient (Wildman–Crippen LogP) is 2.59. The average Bonchev–Trinajstić information content (AvgIpc) is 3.23. The standard InChI is InChI=1S/C23H34N4O4S/c1-3-31-22(28)27-18-6-7-19(27)14-17(13-18)15-25-11-8-23(9-12-25)16-26(32(2,29)30)21-20(23)5-4-10-24-21/h4-5,10,17-19H,3,6-9,11-16H2,1-2H3/t17?,18-,19+. The summed E-state index contributed by atoms with van der Waals surface area (Å²) in [6.07, 6.45) is 9.03. The molecule has 0 N–H and O–H groups in total. The Labute approximate surface area is 191 Å². The summed E-state index contributed by atoms with van der Waals surface area (Å²) < 4.78 is 31.5. The van der Waals surface area contributed by atoms with Gasteiger partial charge < -0.3 is 14.5 Å². The zero-order valence-corrected chi connectivity index (χ0v) is 19.9. The Morgan fingerprint density at radius 1 is 1.22 bits per heavy atom. The first-order chi connectivity index (χ1) is 15.3. The van der Waals surface area contributed by atoms with Crippen molar-refractivity contribution < 1.29 is 17.9 Å². The minimum Gasteiger partial charge on any atom is -0.450 e. The maximum atomic E-state index is 12.4. The van der Waals surface area contributed by atoms with Crippen molar-refractivity contribution in [2.24, 2.45) is 5.92 Å². The SMILES string of the molecule is CCOC(=O)N1[C@@H]2CC[C@H]1CC(CN1CCC3(CC1)CN(S(C)(=O)=O)c1ncccc13)C2. The van der Waals surface area contributed by atoms with E-state index in [1.807, 2.05) is 17.9 Å². The van der Waals surface area contributed by atoms with Gasteiger partial charge in [0.25, 0.3) is 0 Å². The number of carbonyl (C=O) groups excluding carboxylic acids is 1. The molecule has 8 nitrogen and oxygen atoms in total. The molecule has 5 heterocycles. The van der Waals surface area contributed by atoms with E-state index in [0.29, 0.717) is 37.0 Å². The fraction of sp³-hybridized carbons (Fsp3) is 0.739. The topological polar surface area (TPSA) is 83.0 Å². The van der Waals surface area contributed by atoms with E-state index < -0.39 is 10.0 Å². The van der Waals surface area contributed by atoms with Crippen molar-refractivity contribution in [2.75, 3.05) is 43.3 Å². The van der Waals surface area contributed by atoms with Crippen LogP contribution >= 0.6 is 0 Å². The second kappa shape index (κ2) is 8.17. The van der Waals surface area contributed by atoms with Crippen LogP contribution in [0.25, 0.3) is 0 Å². The molecule has 176 valence electrons. The molecule has 0 radical (unpaired) electrons. The molecule has 1 spiro atoms. The number of hydrogen-bond donors (Lipinski definition) is 0. The van der Waals surface area contributed by atoms with Gasteiger partial charge in [0.1, 0.15) is 5.82 Å². The van der Waals surface area contributed by atoms with Gasteiger partial charge in [-0.2, -0.15) is 0 Å². The number of nitrogens with zero attached hydrogens (tertiary/aromatic N) is 4. The molecular weight excluding hydrogens is 428 g/mol. The van der Waals surface area contributed by atoms with Crippen molar-refractivity contribution in [1.29, 1.82) is 0 Å². The molecule has 9 heteroatoms. The Morgan fingerprint density at radius 3 is 2.53 bits per heavy atom. The van der Waals surface area contributed by atoms with E-state index in [-0.39, 0.29) is 11.5 Å². The van der Waals surface area contributed by atoms with Crippen LogP contribution in [-0.4, -0.2) is 80.4 Å². The summed E-state index contributed by atoms with van der Waals surface area (Å²) in [4.78, 5) is 21.3. The maximum Gasteiger partial charge on any atom is 0.410 e. The summed E-state index contributed by atoms with van der Waals surface area (Å²) in [5.41, 5.74) is 0.959. The van der Waals surface area contributed by atoms with Crippen LogP contribution in [0.3, 0.4) is 0 Å². The number of hydrogen-bond acceptors (Lipinski definition) is 6. The van der Waals surface area contributed by atoms with Crippen molar-refractivity contribution in [1.82, 2.24) is 14.8 Å². The highest BCUT2D eigenvalue weighted by Gasteiger charge is 2.49. The first kappa shape index (κ1) is 21.9. The molecule has 3 fully saturated rings. The third-order valence-corrected chi connectivity index (χ3v) is 9.18. The van der Waals surface area contributed by atoms with Crippen molar-refractivity contribution in [3.05, 3.63) is 23.9 Å². The minimum absolute atomic E-state index is 0.129. The molecule has 0 aromatic carbocycles. The number of rotatable bonds is 4. The van der Waals surface area contributed by atoms with E-state index >= 15 is 0 Å². The molecule has 3 saturated heterocycles. The van der Waals surface area contributed by atoms with Crippen molar-refractivity contribution in [2.45, 2.75) is 62.9 Å². The van der Waals surface area contributed by atoms with Crippen LogP contribution < -0.4 is 4.31 Å². The van der Waals surface area contributed by atoms with Gasteiger partial charge in [-0.25, -0.2) is 18.2 Å². The lowest BCUT2D eigenvalue weighted by Gasteiger charge is -2.43. The lowest BCUT2D eigenvalue weighted by Crippen LogP contribution is -2.50. The number of fused-ring (bicyclic) bond motifs is 4. The number of likely N-dealkylation sites (tertiary alicyclic amines) is 1. The third kappa shape index (κ3) is 3.77. The summed E-state index contributed by atoms with van der Waals surface area (Å²) in [5.74, 6) is 1.23. The highest BCUT2D eigenvalue weighted by atomic mass is 32.2. The molecule has 1 aromatic rings. The van der Waals surface area contributed by atoms with Crippen LogP contribution in [-0.2, 0) is 20.2 Å². The number of ether oxygens (including phenoxy) is 1. The van der Waals surface area contributed by atoms with Crippen molar-refractivity contribution >= 4 is 21.9 Å². The van der Waals surface area contributed by atoms with Crippen molar-refractivity contribution in [3.8, 4) is 0 Å². The fourth-order valence-electron chi connectivity index (χ4n) is 6.61. The fourth-order valence-corrected chi connectivity index (χ4v) is 7.55. The Hall–Kier alpha value is -1.87. The number of amides is 1. The van der Waals surface area contributed by atoms with E-state index in [0.717, 1.165) is 63.7 Å². The van der Waals surface area contributed by atoms with Crippen LogP contribution in [0.4, 0.5) is 10.6 Å². The Bertz CT molecular complexity index is 962. The number of carbonyl (C=O) groups is 1. The van der Waals surface area contributed by atoms with Gasteiger partial charge in [-0.15, -0.1) is 0 Å². The number of piperidine rings is 2. The first-order valence-electron chi connectivity index (χ1n) is 11.9. The summed E-state index contributed by atoms with van der Waals surface area (Å²) >= 11 is 0. The zero-order valence-electron chi connectivity index (χ0n) is 19.1. The predicted molar refractivity (Wildman–Crippen MR) is 122 cm³/mol. The van der Waals surface area contributed by atoms with E-state index in [1.54, 1.807) is 6.20 Å². The van der Waals surface area contributed by atoms with Crippen molar-refractivity contribution in [3.63, 3.8) is 0 Å². The molecule has 2 bridgehead atoms. The van der Waals surface area contributed by atoms with Crippen LogP contribution in [0.15, 0.2) is 18.3 Å². The average molecular weight is 463 g/mol. The molecular formula is C23H34N4O4S. The number of sulfonamides is 1. The molecule has 1 aromatic heterocycles. The quantitative estimate of drug-likeness (QED) is 0.684. The second-order valence-electron chi connectivity index (χ2n) is 10.1. The van der Waals surface area contributed by atoms with Crippen LogP contribution in [0, 0.1) is 5.92 Å². The first-order valence-corrected chi connectivity index (χ1v) is 13.8. The lowest BCUT2D eigenvalue weighted by atomic mass is 9.74. The zero-order chi connectivity index (χ0) is 22.5. The van der Waals surface area contributed by atoms with Gasteiger partial charge in [-0.05, 0) is 70.5 Å². The monoisotopic (exact) mass is 462 g/mol. The summed E-state index contributed by atoms with van der Waals surface area (Å²) in [7, 11) is -3.33. The smallest absolute Gasteiger partial charge is 0.410 e. The van der Waals surface area contributed by atoms with E-state index in [2.05, 4.69) is 16.0 Å². The summed E-state index contributed by atoms with van der Waals surface area (Å²) in [5, 5.41) is 0. The Morgan fingerprint density at radius 2 is 1.91 bits per heavy atom. The molecule has 4 aliphatic heterocycles. The van der Waals surface area contributed by atoms with Gasteiger partial charge in [0.2, 0.25) is 10.0 Å². The minimum atomic E-state index is -3.33. The highest BCUT2D eigenvalue weighted by molar-refractivity contribution is 7.92. The normalized spacial score (nSPS) is 29.4. The van der Waals surface area contributed by atoms with Gasteiger partial charge >= 0.3 is 6.09 Å². The molecule has 1 amide bonds.